The van der Waals surface area contributed by atoms with Crippen molar-refractivity contribution in [2.75, 3.05) is 65.5 Å². The summed E-state index contributed by atoms with van der Waals surface area (Å²) >= 11 is 0. The summed E-state index contributed by atoms with van der Waals surface area (Å²) in [6, 6.07) is 7.42. The SMILES string of the molecule is COCC(=O)N1CCc2nc(N3CCN(C)CC3)nc(Oc3cccc(OC)c3)c2C1. The number of hydrogen-bond donors (Lipinski definition) is 0. The maximum atomic E-state index is 12.4. The Balaban J connectivity index is 1.67. The molecule has 4 rings (SSSR count). The quantitative estimate of drug-likeness (QED) is 0.687. The van der Waals surface area contributed by atoms with E-state index in [1.807, 2.05) is 24.3 Å². The molecule has 9 nitrogen and oxygen atoms in total. The number of carbonyl (C=O) groups is 1. The summed E-state index contributed by atoms with van der Waals surface area (Å²) in [5.74, 6) is 2.45. The Labute approximate surface area is 182 Å². The maximum Gasteiger partial charge on any atom is 0.248 e. The Morgan fingerprint density at radius 2 is 1.84 bits per heavy atom. The van der Waals surface area contributed by atoms with Crippen molar-refractivity contribution in [1.29, 1.82) is 0 Å². The number of aromatic nitrogens is 2. The summed E-state index contributed by atoms with van der Waals surface area (Å²) in [7, 11) is 5.27. The molecule has 1 aromatic heterocycles. The molecule has 0 aliphatic carbocycles. The van der Waals surface area contributed by atoms with Gasteiger partial charge < -0.3 is 28.9 Å². The second kappa shape index (κ2) is 9.49. The van der Waals surface area contributed by atoms with Crippen LogP contribution in [0, 0.1) is 0 Å². The smallest absolute Gasteiger partial charge is 0.248 e. The van der Waals surface area contributed by atoms with E-state index in [-0.39, 0.29) is 12.5 Å². The molecule has 1 aromatic carbocycles. The van der Waals surface area contributed by atoms with Crippen molar-refractivity contribution in [2.24, 2.45) is 0 Å². The van der Waals surface area contributed by atoms with Crippen LogP contribution >= 0.6 is 0 Å². The van der Waals surface area contributed by atoms with E-state index < -0.39 is 0 Å². The number of anilines is 1. The van der Waals surface area contributed by atoms with Gasteiger partial charge >= 0.3 is 0 Å². The molecule has 0 atom stereocenters. The molecule has 0 spiro atoms. The molecular weight excluding hydrogens is 398 g/mol. The van der Waals surface area contributed by atoms with Crippen LogP contribution in [0.25, 0.3) is 0 Å². The van der Waals surface area contributed by atoms with E-state index in [1.165, 1.54) is 7.11 Å². The van der Waals surface area contributed by atoms with Gasteiger partial charge in [-0.2, -0.15) is 4.98 Å². The fourth-order valence-electron chi connectivity index (χ4n) is 3.81. The summed E-state index contributed by atoms with van der Waals surface area (Å²) in [5, 5.41) is 0. The number of hydrogen-bond acceptors (Lipinski definition) is 8. The van der Waals surface area contributed by atoms with E-state index in [0.29, 0.717) is 42.8 Å². The van der Waals surface area contributed by atoms with E-state index in [2.05, 4.69) is 16.8 Å². The van der Waals surface area contributed by atoms with Gasteiger partial charge in [-0.1, -0.05) is 6.07 Å². The van der Waals surface area contributed by atoms with Crippen LogP contribution in [0.15, 0.2) is 24.3 Å². The Bertz CT molecular complexity index is 930. The van der Waals surface area contributed by atoms with Crippen LogP contribution in [0.5, 0.6) is 17.4 Å². The molecule has 0 N–H and O–H groups in total. The Morgan fingerprint density at radius 1 is 1.06 bits per heavy atom. The minimum atomic E-state index is -0.0522. The predicted molar refractivity (Wildman–Crippen MR) is 116 cm³/mol. The van der Waals surface area contributed by atoms with E-state index in [0.717, 1.165) is 37.4 Å². The van der Waals surface area contributed by atoms with E-state index in [1.54, 1.807) is 12.0 Å². The van der Waals surface area contributed by atoms with Crippen molar-refractivity contribution in [3.63, 3.8) is 0 Å². The van der Waals surface area contributed by atoms with Crippen LogP contribution in [0.3, 0.4) is 0 Å². The van der Waals surface area contributed by atoms with Crippen LogP contribution in [0.2, 0.25) is 0 Å². The first-order valence-electron chi connectivity index (χ1n) is 10.5. The molecule has 2 aromatic rings. The molecule has 31 heavy (non-hydrogen) atoms. The first-order valence-corrected chi connectivity index (χ1v) is 10.5. The number of nitrogens with zero attached hydrogens (tertiary/aromatic N) is 5. The van der Waals surface area contributed by atoms with Gasteiger partial charge in [0.2, 0.25) is 17.7 Å². The van der Waals surface area contributed by atoms with Crippen LogP contribution < -0.4 is 14.4 Å². The van der Waals surface area contributed by atoms with Gasteiger partial charge in [0.15, 0.2) is 0 Å². The highest BCUT2D eigenvalue weighted by Gasteiger charge is 2.28. The number of fused-ring (bicyclic) bond motifs is 1. The van der Waals surface area contributed by atoms with Crippen molar-refractivity contribution in [3.05, 3.63) is 35.5 Å². The van der Waals surface area contributed by atoms with Crippen LogP contribution in [0.4, 0.5) is 5.95 Å². The zero-order valence-corrected chi connectivity index (χ0v) is 18.3. The number of likely N-dealkylation sites (N-methyl/N-ethyl adjacent to an activating group) is 1. The van der Waals surface area contributed by atoms with Gasteiger partial charge in [0.05, 0.1) is 24.9 Å². The maximum absolute atomic E-state index is 12.4. The lowest BCUT2D eigenvalue weighted by atomic mass is 10.1. The van der Waals surface area contributed by atoms with Gasteiger partial charge in [-0.3, -0.25) is 4.79 Å². The number of piperazine rings is 1. The van der Waals surface area contributed by atoms with E-state index >= 15 is 0 Å². The zero-order chi connectivity index (χ0) is 21.8. The van der Waals surface area contributed by atoms with Gasteiger partial charge in [-0.05, 0) is 19.2 Å². The predicted octanol–water partition coefficient (Wildman–Crippen LogP) is 1.56. The van der Waals surface area contributed by atoms with Crippen LogP contribution in [0.1, 0.15) is 11.3 Å². The highest BCUT2D eigenvalue weighted by Crippen LogP contribution is 2.32. The molecule has 1 saturated heterocycles. The van der Waals surface area contributed by atoms with Crippen molar-refractivity contribution in [1.82, 2.24) is 19.8 Å². The summed E-state index contributed by atoms with van der Waals surface area (Å²) in [5.41, 5.74) is 1.78. The molecule has 9 heteroatoms. The highest BCUT2D eigenvalue weighted by molar-refractivity contribution is 5.77. The van der Waals surface area contributed by atoms with Gasteiger partial charge in [0, 0.05) is 52.3 Å². The number of methoxy groups -OCH3 is 2. The van der Waals surface area contributed by atoms with Gasteiger partial charge in [-0.15, -0.1) is 0 Å². The van der Waals surface area contributed by atoms with E-state index in [4.69, 9.17) is 24.2 Å². The molecule has 2 aliphatic rings. The Kier molecular flexibility index (Phi) is 6.53. The third-order valence-electron chi connectivity index (χ3n) is 5.67. The molecule has 2 aliphatic heterocycles. The van der Waals surface area contributed by atoms with Crippen LogP contribution in [-0.4, -0.2) is 86.3 Å². The summed E-state index contributed by atoms with van der Waals surface area (Å²) in [4.78, 5) is 28.3. The van der Waals surface area contributed by atoms with Gasteiger partial charge in [0.1, 0.15) is 18.1 Å². The topological polar surface area (TPSA) is 80.3 Å². The first kappa shape index (κ1) is 21.3. The Morgan fingerprint density at radius 3 is 2.58 bits per heavy atom. The highest BCUT2D eigenvalue weighted by atomic mass is 16.5. The largest absolute Gasteiger partial charge is 0.497 e. The average molecular weight is 428 g/mol. The molecule has 1 amide bonds. The number of amides is 1. The van der Waals surface area contributed by atoms with Gasteiger partial charge in [0.25, 0.3) is 0 Å². The molecule has 0 saturated carbocycles. The van der Waals surface area contributed by atoms with Crippen molar-refractivity contribution in [3.8, 4) is 17.4 Å². The number of benzene rings is 1. The molecule has 3 heterocycles. The number of rotatable bonds is 6. The summed E-state index contributed by atoms with van der Waals surface area (Å²) in [6.45, 7) is 4.73. The number of ether oxygens (including phenoxy) is 3. The molecule has 0 radical (unpaired) electrons. The lowest BCUT2D eigenvalue weighted by molar-refractivity contribution is -0.136. The molecular formula is C22H29N5O4. The first-order chi connectivity index (χ1) is 15.1. The minimum Gasteiger partial charge on any atom is -0.497 e. The third kappa shape index (κ3) is 4.88. The second-order valence-electron chi connectivity index (χ2n) is 7.82. The Hall–Kier alpha value is -2.91. The van der Waals surface area contributed by atoms with Crippen molar-refractivity contribution in [2.45, 2.75) is 13.0 Å². The molecule has 1 fully saturated rings. The molecule has 166 valence electrons. The van der Waals surface area contributed by atoms with E-state index in [9.17, 15) is 4.79 Å². The fourth-order valence-corrected chi connectivity index (χ4v) is 3.81. The van der Waals surface area contributed by atoms with Crippen molar-refractivity contribution < 1.29 is 19.0 Å². The summed E-state index contributed by atoms with van der Waals surface area (Å²) in [6.07, 6.45) is 0.655. The zero-order valence-electron chi connectivity index (χ0n) is 18.3. The van der Waals surface area contributed by atoms with Crippen molar-refractivity contribution >= 4 is 11.9 Å². The second-order valence-corrected chi connectivity index (χ2v) is 7.82. The molecule has 0 unspecified atom stereocenters. The fraction of sp³-hybridized carbons (Fsp3) is 0.500. The summed E-state index contributed by atoms with van der Waals surface area (Å²) < 4.78 is 16.6. The van der Waals surface area contributed by atoms with Crippen LogP contribution in [-0.2, 0) is 22.5 Å². The normalized spacial score (nSPS) is 16.7. The lowest BCUT2D eigenvalue weighted by Gasteiger charge is -2.34. The number of carbonyl (C=O) groups excluding carboxylic acids is 1. The minimum absolute atomic E-state index is 0.0522. The average Bonchev–Trinajstić information content (AvgIpc) is 2.79. The monoisotopic (exact) mass is 427 g/mol. The van der Waals surface area contributed by atoms with Gasteiger partial charge in [-0.25, -0.2) is 4.98 Å². The molecule has 0 bridgehead atoms. The lowest BCUT2D eigenvalue weighted by Crippen LogP contribution is -2.45. The third-order valence-corrected chi connectivity index (χ3v) is 5.67. The standard InChI is InChI=1S/C22H29N5O4/c1-25-9-11-26(12-10-25)22-23-19-7-8-27(20(28)15-29-2)14-18(19)21(24-22)31-17-6-4-5-16(13-17)30-3/h4-6,13H,7-12,14-15H2,1-3H3.